The fourth-order valence-corrected chi connectivity index (χ4v) is 1.55. The van der Waals surface area contributed by atoms with Gasteiger partial charge in [-0.15, -0.1) is 0 Å². The van der Waals surface area contributed by atoms with Crippen molar-refractivity contribution in [2.75, 3.05) is 13.2 Å². The van der Waals surface area contributed by atoms with E-state index in [1.165, 1.54) is 6.42 Å². The maximum absolute atomic E-state index is 11.5. The van der Waals surface area contributed by atoms with Gasteiger partial charge in [-0.2, -0.15) is 0 Å². The molecular weight excluding hydrogens is 170 g/mol. The molecule has 4 heteroatoms. The minimum Gasteiger partial charge on any atom is -0.462 e. The number of ether oxygens (including phenoxy) is 2. The largest absolute Gasteiger partial charge is 0.462 e. The highest BCUT2D eigenvalue weighted by Crippen LogP contribution is 2.24. The summed E-state index contributed by atoms with van der Waals surface area (Å²) in [6.45, 7) is 0.900. The minimum absolute atomic E-state index is 0.153. The van der Waals surface area contributed by atoms with E-state index in [2.05, 4.69) is 0 Å². The first-order chi connectivity index (χ1) is 6.27. The first-order valence-corrected chi connectivity index (χ1v) is 4.81. The first kappa shape index (κ1) is 8.97. The van der Waals surface area contributed by atoms with E-state index < -0.39 is 0 Å². The van der Waals surface area contributed by atoms with Crippen LogP contribution in [0.3, 0.4) is 0 Å². The third-order valence-electron chi connectivity index (χ3n) is 2.76. The Kier molecular flexibility index (Phi) is 2.51. The van der Waals surface area contributed by atoms with Crippen LogP contribution >= 0.6 is 0 Å². The van der Waals surface area contributed by atoms with Gasteiger partial charge in [0.15, 0.2) is 0 Å². The van der Waals surface area contributed by atoms with Crippen molar-refractivity contribution in [1.29, 1.82) is 0 Å². The lowest BCUT2D eigenvalue weighted by molar-refractivity contribution is -0.158. The SMILES string of the molecule is NC1COCC1C(=O)OC1CCC1. The average molecular weight is 185 g/mol. The molecule has 0 spiro atoms. The van der Waals surface area contributed by atoms with E-state index in [4.69, 9.17) is 15.2 Å². The Labute approximate surface area is 77.4 Å². The Morgan fingerprint density at radius 2 is 2.15 bits per heavy atom. The Morgan fingerprint density at radius 3 is 2.62 bits per heavy atom. The minimum atomic E-state index is -0.236. The number of carbonyl (C=O) groups is 1. The number of nitrogens with two attached hydrogens (primary N) is 1. The average Bonchev–Trinajstić information content (AvgIpc) is 2.43. The van der Waals surface area contributed by atoms with Gasteiger partial charge in [-0.1, -0.05) is 0 Å². The lowest BCUT2D eigenvalue weighted by Crippen LogP contribution is -2.38. The summed E-state index contributed by atoms with van der Waals surface area (Å²) in [5.74, 6) is -0.407. The Balaban J connectivity index is 1.81. The smallest absolute Gasteiger partial charge is 0.313 e. The highest BCUT2D eigenvalue weighted by atomic mass is 16.6. The van der Waals surface area contributed by atoms with Crippen LogP contribution in [0.1, 0.15) is 19.3 Å². The molecule has 4 nitrogen and oxygen atoms in total. The van der Waals surface area contributed by atoms with E-state index in [9.17, 15) is 4.79 Å². The van der Waals surface area contributed by atoms with Crippen LogP contribution in [-0.4, -0.2) is 31.3 Å². The second-order valence-electron chi connectivity index (χ2n) is 3.80. The maximum Gasteiger partial charge on any atom is 0.313 e. The van der Waals surface area contributed by atoms with Crippen LogP contribution in [0.15, 0.2) is 0 Å². The molecule has 1 aliphatic carbocycles. The fraction of sp³-hybridized carbons (Fsp3) is 0.889. The van der Waals surface area contributed by atoms with E-state index in [1.807, 2.05) is 0 Å². The van der Waals surface area contributed by atoms with Gasteiger partial charge in [-0.25, -0.2) is 0 Å². The van der Waals surface area contributed by atoms with Crippen LogP contribution in [0.4, 0.5) is 0 Å². The molecule has 74 valence electrons. The zero-order valence-electron chi connectivity index (χ0n) is 7.57. The number of hydrogen-bond acceptors (Lipinski definition) is 4. The summed E-state index contributed by atoms with van der Waals surface area (Å²) >= 11 is 0. The molecule has 13 heavy (non-hydrogen) atoms. The fourth-order valence-electron chi connectivity index (χ4n) is 1.55. The molecule has 1 saturated heterocycles. The van der Waals surface area contributed by atoms with Crippen molar-refractivity contribution in [3.05, 3.63) is 0 Å². The number of esters is 1. The third-order valence-corrected chi connectivity index (χ3v) is 2.76. The maximum atomic E-state index is 11.5. The van der Waals surface area contributed by atoms with Gasteiger partial charge in [-0.05, 0) is 19.3 Å². The van der Waals surface area contributed by atoms with Crippen LogP contribution in [-0.2, 0) is 14.3 Å². The van der Waals surface area contributed by atoms with Crippen molar-refractivity contribution >= 4 is 5.97 Å². The van der Waals surface area contributed by atoms with Crippen LogP contribution in [0, 0.1) is 5.92 Å². The molecule has 2 aliphatic rings. The molecule has 1 heterocycles. The zero-order valence-corrected chi connectivity index (χ0v) is 7.57. The van der Waals surface area contributed by atoms with Gasteiger partial charge in [0.2, 0.25) is 0 Å². The molecule has 2 unspecified atom stereocenters. The summed E-state index contributed by atoms with van der Waals surface area (Å²) in [5.41, 5.74) is 5.69. The van der Waals surface area contributed by atoms with Crippen molar-refractivity contribution in [2.45, 2.75) is 31.4 Å². The lowest BCUT2D eigenvalue weighted by atomic mass is 9.96. The quantitative estimate of drug-likeness (QED) is 0.618. The molecular formula is C9H15NO3. The lowest BCUT2D eigenvalue weighted by Gasteiger charge is -2.26. The van der Waals surface area contributed by atoms with Crippen molar-refractivity contribution in [3.63, 3.8) is 0 Å². The van der Waals surface area contributed by atoms with Gasteiger partial charge < -0.3 is 15.2 Å². The predicted octanol–water partition coefficient (Wildman–Crippen LogP) is 0.0558. The van der Waals surface area contributed by atoms with Gasteiger partial charge in [0, 0.05) is 6.04 Å². The van der Waals surface area contributed by atoms with Crippen LogP contribution in [0.2, 0.25) is 0 Å². The Morgan fingerprint density at radius 1 is 1.38 bits per heavy atom. The molecule has 0 aromatic carbocycles. The molecule has 0 bridgehead atoms. The zero-order chi connectivity index (χ0) is 9.26. The topological polar surface area (TPSA) is 61.5 Å². The van der Waals surface area contributed by atoms with E-state index >= 15 is 0 Å². The summed E-state index contributed by atoms with van der Waals surface area (Å²) in [6, 6.07) is -0.174. The van der Waals surface area contributed by atoms with Gasteiger partial charge in [-0.3, -0.25) is 4.79 Å². The highest BCUT2D eigenvalue weighted by molar-refractivity contribution is 5.74. The van der Waals surface area contributed by atoms with Crippen molar-refractivity contribution in [2.24, 2.45) is 11.7 Å². The number of carbonyl (C=O) groups excluding carboxylic acids is 1. The number of rotatable bonds is 2. The van der Waals surface area contributed by atoms with Gasteiger partial charge in [0.1, 0.15) is 6.10 Å². The highest BCUT2D eigenvalue weighted by Gasteiger charge is 2.34. The van der Waals surface area contributed by atoms with E-state index in [-0.39, 0.29) is 24.0 Å². The molecule has 1 aliphatic heterocycles. The second kappa shape index (κ2) is 3.64. The molecule has 2 N–H and O–H groups in total. The van der Waals surface area contributed by atoms with Crippen molar-refractivity contribution < 1.29 is 14.3 Å². The molecule has 0 aromatic heterocycles. The van der Waals surface area contributed by atoms with E-state index in [1.54, 1.807) is 0 Å². The van der Waals surface area contributed by atoms with Crippen LogP contribution in [0.25, 0.3) is 0 Å². The predicted molar refractivity (Wildman–Crippen MR) is 46.0 cm³/mol. The summed E-state index contributed by atoms with van der Waals surface area (Å²) in [5, 5.41) is 0. The van der Waals surface area contributed by atoms with Gasteiger partial charge in [0.05, 0.1) is 19.1 Å². The monoisotopic (exact) mass is 185 g/mol. The summed E-state index contributed by atoms with van der Waals surface area (Å²) in [6.07, 6.45) is 3.34. The molecule has 2 atom stereocenters. The molecule has 0 radical (unpaired) electrons. The third kappa shape index (κ3) is 1.84. The Hall–Kier alpha value is -0.610. The first-order valence-electron chi connectivity index (χ1n) is 4.81. The van der Waals surface area contributed by atoms with Crippen molar-refractivity contribution in [3.8, 4) is 0 Å². The molecule has 1 saturated carbocycles. The summed E-state index contributed by atoms with van der Waals surface area (Å²) < 4.78 is 10.3. The van der Waals surface area contributed by atoms with Crippen LogP contribution < -0.4 is 5.73 Å². The van der Waals surface area contributed by atoms with E-state index in [0.29, 0.717) is 13.2 Å². The molecule has 0 aromatic rings. The Bertz CT molecular complexity index is 203. The van der Waals surface area contributed by atoms with Crippen LogP contribution in [0.5, 0.6) is 0 Å². The number of hydrogen-bond donors (Lipinski definition) is 1. The van der Waals surface area contributed by atoms with Gasteiger partial charge in [0.25, 0.3) is 0 Å². The summed E-state index contributed by atoms with van der Waals surface area (Å²) in [4.78, 5) is 11.5. The molecule has 2 rings (SSSR count). The standard InChI is InChI=1S/C9H15NO3/c10-8-5-12-4-7(8)9(11)13-6-2-1-3-6/h6-8H,1-5,10H2. The summed E-state index contributed by atoms with van der Waals surface area (Å²) in [7, 11) is 0. The van der Waals surface area contributed by atoms with Crippen molar-refractivity contribution in [1.82, 2.24) is 0 Å². The second-order valence-corrected chi connectivity index (χ2v) is 3.80. The normalized spacial score (nSPS) is 34.2. The molecule has 2 fully saturated rings. The van der Waals surface area contributed by atoms with Gasteiger partial charge >= 0.3 is 5.97 Å². The van der Waals surface area contributed by atoms with E-state index in [0.717, 1.165) is 12.8 Å². The molecule has 0 amide bonds.